The molecule has 0 radical (unpaired) electrons. The van der Waals surface area contributed by atoms with Crippen LogP contribution in [0.15, 0.2) is 17.1 Å². The molecule has 4 fully saturated rings. The van der Waals surface area contributed by atoms with Gasteiger partial charge in [-0.2, -0.15) is 10.2 Å². The molecule has 4 aliphatic rings. The third kappa shape index (κ3) is 2.97. The van der Waals surface area contributed by atoms with Crippen molar-refractivity contribution in [1.82, 2.24) is 29.4 Å². The third-order valence-electron chi connectivity index (χ3n) is 8.37. The normalized spacial score (nSPS) is 25.6. The predicted molar refractivity (Wildman–Crippen MR) is 128 cm³/mol. The van der Waals surface area contributed by atoms with Gasteiger partial charge in [0.25, 0.3) is 5.56 Å². The molecule has 3 aromatic heterocycles. The first-order valence-corrected chi connectivity index (χ1v) is 12.4. The third-order valence-corrected chi connectivity index (χ3v) is 8.37. The Morgan fingerprint density at radius 2 is 1.73 bits per heavy atom. The lowest BCUT2D eigenvalue weighted by molar-refractivity contribution is 0.262. The van der Waals surface area contributed by atoms with Crippen molar-refractivity contribution >= 4 is 22.5 Å². The van der Waals surface area contributed by atoms with Gasteiger partial charge in [0.15, 0.2) is 5.82 Å². The zero-order valence-electron chi connectivity index (χ0n) is 19.4. The first-order chi connectivity index (χ1) is 16.0. The highest BCUT2D eigenvalue weighted by atomic mass is 16.1. The van der Waals surface area contributed by atoms with E-state index in [1.165, 1.54) is 38.5 Å². The number of hydrogen-bond acceptors (Lipinski definition) is 6. The Morgan fingerprint density at radius 1 is 1.06 bits per heavy atom. The van der Waals surface area contributed by atoms with Crippen LogP contribution in [-0.2, 0) is 7.05 Å². The fourth-order valence-electron chi connectivity index (χ4n) is 6.61. The van der Waals surface area contributed by atoms with Gasteiger partial charge >= 0.3 is 0 Å². The summed E-state index contributed by atoms with van der Waals surface area (Å²) in [5.74, 6) is 2.65. The van der Waals surface area contributed by atoms with Crippen LogP contribution in [0.3, 0.4) is 0 Å². The van der Waals surface area contributed by atoms with Crippen molar-refractivity contribution in [3.05, 3.63) is 22.6 Å². The van der Waals surface area contributed by atoms with Crippen molar-refractivity contribution in [3.8, 4) is 11.3 Å². The van der Waals surface area contributed by atoms with Crippen LogP contribution >= 0.6 is 0 Å². The molecular weight excluding hydrogens is 416 g/mol. The summed E-state index contributed by atoms with van der Waals surface area (Å²) in [5, 5.41) is 12.7. The number of piperazine rings is 1. The van der Waals surface area contributed by atoms with E-state index in [4.69, 9.17) is 10.8 Å². The molecule has 33 heavy (non-hydrogen) atoms. The van der Waals surface area contributed by atoms with E-state index >= 15 is 0 Å². The van der Waals surface area contributed by atoms with Gasteiger partial charge in [-0.15, -0.1) is 0 Å². The Hall–Kier alpha value is -2.81. The number of fused-ring (bicyclic) bond motifs is 3. The van der Waals surface area contributed by atoms with E-state index in [-0.39, 0.29) is 17.4 Å². The van der Waals surface area contributed by atoms with E-state index < -0.39 is 0 Å². The van der Waals surface area contributed by atoms with E-state index in [1.807, 2.05) is 22.5 Å². The molecule has 0 aromatic carbocycles. The van der Waals surface area contributed by atoms with Crippen LogP contribution in [0.2, 0.25) is 0 Å². The number of nitrogen functional groups attached to an aromatic ring is 1. The maximum atomic E-state index is 13.5. The second-order valence-electron chi connectivity index (χ2n) is 10.8. The van der Waals surface area contributed by atoms with Gasteiger partial charge in [-0.1, -0.05) is 0 Å². The number of hydrogen-bond donors (Lipinski definition) is 2. The number of aromatic amines is 1. The molecule has 7 rings (SSSR count). The Bertz CT molecular complexity index is 1270. The van der Waals surface area contributed by atoms with Gasteiger partial charge in [0.05, 0.1) is 11.2 Å². The monoisotopic (exact) mass is 448 g/mol. The summed E-state index contributed by atoms with van der Waals surface area (Å²) in [6.07, 6.45) is 9.33. The van der Waals surface area contributed by atoms with E-state index in [0.717, 1.165) is 30.2 Å². The quantitative estimate of drug-likeness (QED) is 0.621. The topological polar surface area (TPSA) is 101 Å². The minimum Gasteiger partial charge on any atom is -0.382 e. The van der Waals surface area contributed by atoms with Gasteiger partial charge in [0.1, 0.15) is 11.2 Å². The van der Waals surface area contributed by atoms with Crippen LogP contribution in [-0.4, -0.2) is 61.7 Å². The van der Waals surface area contributed by atoms with Crippen LogP contribution in [0.5, 0.6) is 0 Å². The molecule has 2 saturated heterocycles. The van der Waals surface area contributed by atoms with Gasteiger partial charge in [-0.05, 0) is 57.4 Å². The Labute approximate surface area is 192 Å². The number of anilines is 2. The molecule has 3 N–H and O–H groups in total. The highest BCUT2D eigenvalue weighted by Crippen LogP contribution is 2.52. The number of H-pyrrole nitrogens is 1. The molecular formula is C24H32N8O. The number of likely N-dealkylation sites (N-methyl/N-ethyl adjacent to an activating group) is 1. The van der Waals surface area contributed by atoms with Crippen LogP contribution in [0.4, 0.5) is 11.6 Å². The van der Waals surface area contributed by atoms with Crippen molar-refractivity contribution in [2.75, 3.05) is 30.8 Å². The molecule has 3 aromatic rings. The molecule has 2 aliphatic carbocycles. The van der Waals surface area contributed by atoms with Gasteiger partial charge in [-0.3, -0.25) is 14.6 Å². The fourth-order valence-corrected chi connectivity index (χ4v) is 6.61. The Morgan fingerprint density at radius 3 is 2.36 bits per heavy atom. The lowest BCUT2D eigenvalue weighted by Crippen LogP contribution is -2.53. The lowest BCUT2D eigenvalue weighted by atomic mass is 10.0. The number of aromatic nitrogens is 5. The van der Waals surface area contributed by atoms with E-state index in [1.54, 1.807) is 0 Å². The van der Waals surface area contributed by atoms with E-state index in [2.05, 4.69) is 33.1 Å². The molecule has 0 spiro atoms. The summed E-state index contributed by atoms with van der Waals surface area (Å²) < 4.78 is 3.99. The first-order valence-electron chi connectivity index (χ1n) is 12.4. The highest BCUT2D eigenvalue weighted by molar-refractivity contribution is 5.97. The molecule has 2 saturated carbocycles. The van der Waals surface area contributed by atoms with Crippen molar-refractivity contribution in [2.45, 2.75) is 56.7 Å². The molecule has 2 atom stereocenters. The van der Waals surface area contributed by atoms with Crippen molar-refractivity contribution in [1.29, 1.82) is 0 Å². The molecule has 2 unspecified atom stereocenters. The summed E-state index contributed by atoms with van der Waals surface area (Å²) in [6.45, 7) is 2.18. The molecule has 174 valence electrons. The second-order valence-corrected chi connectivity index (χ2v) is 10.8. The maximum Gasteiger partial charge on any atom is 0.264 e. The number of nitrogens with one attached hydrogen (secondary N) is 1. The van der Waals surface area contributed by atoms with Crippen LogP contribution < -0.4 is 16.2 Å². The fraction of sp³-hybridized carbons (Fsp3) is 0.625. The van der Waals surface area contributed by atoms with Crippen molar-refractivity contribution in [3.63, 3.8) is 0 Å². The molecule has 2 bridgehead atoms. The predicted octanol–water partition coefficient (Wildman–Crippen LogP) is 2.35. The minimum absolute atomic E-state index is 0.0166. The number of nitrogens with two attached hydrogens (primary N) is 1. The summed E-state index contributed by atoms with van der Waals surface area (Å²) in [5.41, 5.74) is 8.67. The Balaban J connectivity index is 1.37. The molecule has 2 aliphatic heterocycles. The van der Waals surface area contributed by atoms with E-state index in [9.17, 15) is 4.79 Å². The second kappa shape index (κ2) is 6.85. The van der Waals surface area contributed by atoms with Crippen molar-refractivity contribution in [2.24, 2.45) is 18.9 Å². The zero-order valence-corrected chi connectivity index (χ0v) is 19.4. The molecule has 9 heteroatoms. The maximum absolute atomic E-state index is 13.5. The minimum atomic E-state index is -0.0166. The van der Waals surface area contributed by atoms with Crippen LogP contribution in [0.1, 0.15) is 44.6 Å². The molecule has 0 amide bonds. The summed E-state index contributed by atoms with van der Waals surface area (Å²) in [7, 11) is 4.25. The summed E-state index contributed by atoms with van der Waals surface area (Å²) in [4.78, 5) is 18.5. The number of rotatable bonds is 5. The number of pyridine rings is 1. The standard InChI is InChI=1S/C24H32N8O/c1-29-10-15-7-8-16(11-29)32(15)19-9-18(28-30(19)2)17-12-31(22(13-3-4-13)14-5-6-14)24(33)20-21(17)26-27-23(20)25/h9,12-16,22H,3-8,10-11H2,1-2H3,(H3,25,26,27). The number of likely N-dealkylation sites (tertiary alicyclic amines) is 1. The van der Waals surface area contributed by atoms with Crippen LogP contribution in [0, 0.1) is 11.8 Å². The van der Waals surface area contributed by atoms with Crippen molar-refractivity contribution < 1.29 is 0 Å². The van der Waals surface area contributed by atoms with Gasteiger partial charge in [0.2, 0.25) is 0 Å². The Kier molecular flexibility index (Phi) is 4.08. The first kappa shape index (κ1) is 19.6. The molecule has 5 heterocycles. The lowest BCUT2D eigenvalue weighted by Gasteiger charge is -2.40. The zero-order chi connectivity index (χ0) is 22.4. The van der Waals surface area contributed by atoms with Gasteiger partial charge in [-0.25, -0.2) is 0 Å². The average Bonchev–Trinajstić information content (AvgIpc) is 3.70. The largest absolute Gasteiger partial charge is 0.382 e. The average molecular weight is 449 g/mol. The SMILES string of the molecule is CN1CC2CCC(C1)N2c1cc(-c2cn(C(C3CC3)C3CC3)c(=O)c3c(N)n[nH]c23)nn1C. The van der Waals surface area contributed by atoms with E-state index in [0.29, 0.717) is 34.8 Å². The molecule has 9 nitrogen and oxygen atoms in total. The van der Waals surface area contributed by atoms with Gasteiger partial charge in [0, 0.05) is 56.1 Å². The number of nitrogens with zero attached hydrogens (tertiary/aromatic N) is 6. The van der Waals surface area contributed by atoms with Gasteiger partial charge < -0.3 is 20.1 Å². The van der Waals surface area contributed by atoms with Crippen LogP contribution in [0.25, 0.3) is 22.2 Å². The smallest absolute Gasteiger partial charge is 0.264 e. The highest BCUT2D eigenvalue weighted by Gasteiger charge is 2.44. The number of aryl methyl sites for hydroxylation is 1. The summed E-state index contributed by atoms with van der Waals surface area (Å²) >= 11 is 0. The summed E-state index contributed by atoms with van der Waals surface area (Å²) in [6, 6.07) is 3.53.